The van der Waals surface area contributed by atoms with Crippen LogP contribution in [0, 0.1) is 6.92 Å². The van der Waals surface area contributed by atoms with Crippen LogP contribution in [0.3, 0.4) is 0 Å². The molecular formula is C24H25N. The monoisotopic (exact) mass is 327 g/mol. The second-order valence-electron chi connectivity index (χ2n) is 7.04. The largest absolute Gasteiger partial charge is 0.306 e. The molecule has 3 aromatic carbocycles. The molecule has 1 aliphatic rings. The van der Waals surface area contributed by atoms with E-state index in [-0.39, 0.29) is 0 Å². The van der Waals surface area contributed by atoms with Crippen molar-refractivity contribution in [2.75, 3.05) is 0 Å². The van der Waals surface area contributed by atoms with Gasteiger partial charge in [-0.15, -0.1) is 0 Å². The van der Waals surface area contributed by atoms with Crippen LogP contribution < -0.4 is 5.32 Å². The van der Waals surface area contributed by atoms with E-state index in [4.69, 9.17) is 0 Å². The number of fused-ring (bicyclic) bond motifs is 1. The molecule has 1 atom stereocenters. The maximum Gasteiger partial charge on any atom is 0.0326 e. The minimum absolute atomic E-state index is 0.487. The lowest BCUT2D eigenvalue weighted by Gasteiger charge is -2.26. The van der Waals surface area contributed by atoms with Gasteiger partial charge in [-0.3, -0.25) is 0 Å². The Morgan fingerprint density at radius 3 is 2.48 bits per heavy atom. The molecule has 1 heteroatoms. The lowest BCUT2D eigenvalue weighted by atomic mass is 9.87. The lowest BCUT2D eigenvalue weighted by Crippen LogP contribution is -2.24. The molecule has 0 saturated carbocycles. The van der Waals surface area contributed by atoms with Gasteiger partial charge in [0, 0.05) is 12.6 Å². The van der Waals surface area contributed by atoms with Gasteiger partial charge >= 0.3 is 0 Å². The average molecular weight is 327 g/mol. The van der Waals surface area contributed by atoms with Gasteiger partial charge in [0.1, 0.15) is 0 Å². The standard InChI is InChI=1S/C24H25N/c1-18-7-2-4-10-22(18)21-15-13-19(14-16-21)17-25-24-12-6-9-20-8-3-5-11-23(20)24/h2-5,7-8,10-11,13-16,24-25H,6,9,12,17H2,1H3. The zero-order chi connectivity index (χ0) is 17.1. The van der Waals surface area contributed by atoms with Crippen LogP contribution in [0.5, 0.6) is 0 Å². The Labute approximate surface area is 150 Å². The number of aryl methyl sites for hydroxylation is 2. The van der Waals surface area contributed by atoms with Crippen LogP contribution in [0.25, 0.3) is 11.1 Å². The van der Waals surface area contributed by atoms with E-state index in [0.29, 0.717) is 6.04 Å². The Bertz CT molecular complexity index is 848. The van der Waals surface area contributed by atoms with Gasteiger partial charge in [0.15, 0.2) is 0 Å². The van der Waals surface area contributed by atoms with Gasteiger partial charge in [-0.1, -0.05) is 72.8 Å². The van der Waals surface area contributed by atoms with Crippen molar-refractivity contribution in [3.8, 4) is 11.1 Å². The number of hydrogen-bond acceptors (Lipinski definition) is 1. The molecule has 1 nitrogen and oxygen atoms in total. The van der Waals surface area contributed by atoms with E-state index in [0.717, 1.165) is 6.54 Å². The SMILES string of the molecule is Cc1ccccc1-c1ccc(CNC2CCCc3ccccc32)cc1. The van der Waals surface area contributed by atoms with Gasteiger partial charge in [-0.2, -0.15) is 0 Å². The summed E-state index contributed by atoms with van der Waals surface area (Å²) in [6.07, 6.45) is 3.73. The summed E-state index contributed by atoms with van der Waals surface area (Å²) < 4.78 is 0. The molecule has 0 bridgehead atoms. The van der Waals surface area contributed by atoms with Gasteiger partial charge in [0.2, 0.25) is 0 Å². The molecule has 0 aromatic heterocycles. The molecule has 0 aliphatic heterocycles. The molecular weight excluding hydrogens is 302 g/mol. The zero-order valence-corrected chi connectivity index (χ0v) is 14.8. The van der Waals surface area contributed by atoms with E-state index in [2.05, 4.69) is 85.0 Å². The molecule has 1 unspecified atom stereocenters. The lowest BCUT2D eigenvalue weighted by molar-refractivity contribution is 0.459. The van der Waals surface area contributed by atoms with Gasteiger partial charge in [-0.05, 0) is 59.6 Å². The fourth-order valence-corrected chi connectivity index (χ4v) is 3.91. The predicted octanol–water partition coefficient (Wildman–Crippen LogP) is 5.83. The van der Waals surface area contributed by atoms with Crippen molar-refractivity contribution >= 4 is 0 Å². The van der Waals surface area contributed by atoms with Crippen molar-refractivity contribution in [1.29, 1.82) is 0 Å². The molecule has 25 heavy (non-hydrogen) atoms. The fraction of sp³-hybridized carbons (Fsp3) is 0.250. The van der Waals surface area contributed by atoms with Crippen molar-refractivity contribution in [1.82, 2.24) is 5.32 Å². The average Bonchev–Trinajstić information content (AvgIpc) is 2.67. The van der Waals surface area contributed by atoms with Gasteiger partial charge in [0.25, 0.3) is 0 Å². The summed E-state index contributed by atoms with van der Waals surface area (Å²) in [5.41, 5.74) is 8.30. The van der Waals surface area contributed by atoms with Crippen LogP contribution in [0.15, 0.2) is 72.8 Å². The molecule has 1 N–H and O–H groups in total. The normalized spacial score (nSPS) is 16.4. The molecule has 3 aromatic rings. The molecule has 0 radical (unpaired) electrons. The summed E-state index contributed by atoms with van der Waals surface area (Å²) in [5, 5.41) is 3.76. The number of rotatable bonds is 4. The molecule has 0 spiro atoms. The van der Waals surface area contributed by atoms with E-state index in [1.807, 2.05) is 0 Å². The Balaban J connectivity index is 1.45. The highest BCUT2D eigenvalue weighted by Crippen LogP contribution is 2.30. The highest BCUT2D eigenvalue weighted by atomic mass is 14.9. The second kappa shape index (κ2) is 7.25. The van der Waals surface area contributed by atoms with E-state index in [1.54, 1.807) is 0 Å². The quantitative estimate of drug-likeness (QED) is 0.636. The highest BCUT2D eigenvalue weighted by Gasteiger charge is 2.18. The molecule has 126 valence electrons. The van der Waals surface area contributed by atoms with Crippen LogP contribution in [-0.2, 0) is 13.0 Å². The first-order valence-corrected chi connectivity index (χ1v) is 9.27. The first-order valence-electron chi connectivity index (χ1n) is 9.27. The van der Waals surface area contributed by atoms with Crippen molar-refractivity contribution in [2.24, 2.45) is 0 Å². The van der Waals surface area contributed by atoms with Crippen LogP contribution >= 0.6 is 0 Å². The number of hydrogen-bond donors (Lipinski definition) is 1. The summed E-state index contributed by atoms with van der Waals surface area (Å²) in [7, 11) is 0. The predicted molar refractivity (Wildman–Crippen MR) is 106 cm³/mol. The van der Waals surface area contributed by atoms with Crippen molar-refractivity contribution < 1.29 is 0 Å². The van der Waals surface area contributed by atoms with Crippen LogP contribution in [-0.4, -0.2) is 0 Å². The summed E-state index contributed by atoms with van der Waals surface area (Å²) in [6, 6.07) is 26.9. The van der Waals surface area contributed by atoms with E-state index in [1.165, 1.54) is 52.6 Å². The van der Waals surface area contributed by atoms with Crippen molar-refractivity contribution in [3.05, 3.63) is 95.1 Å². The first kappa shape index (κ1) is 16.1. The zero-order valence-electron chi connectivity index (χ0n) is 14.8. The molecule has 0 saturated heterocycles. The van der Waals surface area contributed by atoms with Gasteiger partial charge in [-0.25, -0.2) is 0 Å². The van der Waals surface area contributed by atoms with Crippen molar-refractivity contribution in [3.63, 3.8) is 0 Å². The van der Waals surface area contributed by atoms with Crippen molar-refractivity contribution in [2.45, 2.75) is 38.8 Å². The van der Waals surface area contributed by atoms with E-state index < -0.39 is 0 Å². The number of benzene rings is 3. The minimum atomic E-state index is 0.487. The molecule has 4 rings (SSSR count). The van der Waals surface area contributed by atoms with Gasteiger partial charge in [0.05, 0.1) is 0 Å². The van der Waals surface area contributed by atoms with E-state index in [9.17, 15) is 0 Å². The molecule has 0 fully saturated rings. The second-order valence-corrected chi connectivity index (χ2v) is 7.04. The Morgan fingerprint density at radius 2 is 1.64 bits per heavy atom. The highest BCUT2D eigenvalue weighted by molar-refractivity contribution is 5.67. The fourth-order valence-electron chi connectivity index (χ4n) is 3.91. The molecule has 0 amide bonds. The topological polar surface area (TPSA) is 12.0 Å². The van der Waals surface area contributed by atoms with Crippen LogP contribution in [0.2, 0.25) is 0 Å². The van der Waals surface area contributed by atoms with Crippen LogP contribution in [0.4, 0.5) is 0 Å². The Morgan fingerprint density at radius 1 is 0.880 bits per heavy atom. The maximum absolute atomic E-state index is 3.76. The molecule has 1 aliphatic carbocycles. The van der Waals surface area contributed by atoms with Crippen LogP contribution in [0.1, 0.15) is 41.1 Å². The minimum Gasteiger partial charge on any atom is -0.306 e. The van der Waals surface area contributed by atoms with Gasteiger partial charge < -0.3 is 5.32 Å². The summed E-state index contributed by atoms with van der Waals surface area (Å²) in [5.74, 6) is 0. The third kappa shape index (κ3) is 3.52. The maximum atomic E-state index is 3.76. The Kier molecular flexibility index (Phi) is 4.67. The summed E-state index contributed by atoms with van der Waals surface area (Å²) in [4.78, 5) is 0. The first-order chi connectivity index (χ1) is 12.3. The molecule has 0 heterocycles. The third-order valence-electron chi connectivity index (χ3n) is 5.33. The summed E-state index contributed by atoms with van der Waals surface area (Å²) >= 11 is 0. The smallest absolute Gasteiger partial charge is 0.0326 e. The van der Waals surface area contributed by atoms with E-state index >= 15 is 0 Å². The Hall–Kier alpha value is -2.38. The summed E-state index contributed by atoms with van der Waals surface area (Å²) in [6.45, 7) is 3.10. The number of nitrogens with one attached hydrogen (secondary N) is 1. The third-order valence-corrected chi connectivity index (χ3v) is 5.33.